The van der Waals surface area contributed by atoms with Crippen molar-refractivity contribution in [1.82, 2.24) is 9.88 Å². The maximum atomic E-state index is 12.2. The Hall–Kier alpha value is -2.58. The number of rotatable bonds is 7. The van der Waals surface area contributed by atoms with Gasteiger partial charge in [0.15, 0.2) is 0 Å². The Kier molecular flexibility index (Phi) is 6.72. The number of hydrogen-bond donors (Lipinski definition) is 1. The molecule has 1 N–H and O–H groups in total. The lowest BCUT2D eigenvalue weighted by atomic mass is 10.2. The van der Waals surface area contributed by atoms with Crippen molar-refractivity contribution in [2.45, 2.75) is 0 Å². The van der Waals surface area contributed by atoms with E-state index in [9.17, 15) is 4.79 Å². The Labute approximate surface area is 128 Å². The molecule has 0 aliphatic carbocycles. The molecule has 0 unspecified atom stereocenters. The van der Waals surface area contributed by atoms with Crippen molar-refractivity contribution in [2.75, 3.05) is 18.4 Å². The molecule has 0 saturated carbocycles. The highest BCUT2D eigenvalue weighted by Crippen LogP contribution is 2.10. The maximum Gasteiger partial charge on any atom is 0.266 e. The lowest BCUT2D eigenvalue weighted by Gasteiger charge is -2.18. The van der Waals surface area contributed by atoms with E-state index in [1.54, 1.807) is 24.3 Å². The highest BCUT2D eigenvalue weighted by molar-refractivity contribution is 6.30. The number of anilines is 1. The molecule has 1 aromatic rings. The summed E-state index contributed by atoms with van der Waals surface area (Å²) in [7, 11) is 0. The Morgan fingerprint density at radius 1 is 1.43 bits per heavy atom. The summed E-state index contributed by atoms with van der Waals surface area (Å²) in [6, 6.07) is 5.16. The van der Waals surface area contributed by atoms with Gasteiger partial charge in [-0.2, -0.15) is 5.26 Å². The second-order valence-corrected chi connectivity index (χ2v) is 4.40. The van der Waals surface area contributed by atoms with Gasteiger partial charge >= 0.3 is 0 Å². The van der Waals surface area contributed by atoms with Gasteiger partial charge < -0.3 is 10.2 Å². The molecule has 6 heteroatoms. The third-order valence-corrected chi connectivity index (χ3v) is 2.65. The van der Waals surface area contributed by atoms with Crippen LogP contribution in [0, 0.1) is 11.3 Å². The van der Waals surface area contributed by atoms with Crippen molar-refractivity contribution < 1.29 is 4.79 Å². The molecule has 0 bridgehead atoms. The first kappa shape index (κ1) is 16.5. The van der Waals surface area contributed by atoms with E-state index in [0.717, 1.165) is 0 Å². The van der Waals surface area contributed by atoms with Gasteiger partial charge in [0.05, 0.1) is 5.02 Å². The zero-order valence-electron chi connectivity index (χ0n) is 11.4. The molecule has 5 nitrogen and oxygen atoms in total. The zero-order chi connectivity index (χ0) is 15.7. The second kappa shape index (κ2) is 8.56. The number of nitrogens with one attached hydrogen (secondary N) is 1. The van der Waals surface area contributed by atoms with Crippen molar-refractivity contribution in [2.24, 2.45) is 0 Å². The van der Waals surface area contributed by atoms with Crippen molar-refractivity contribution in [3.63, 3.8) is 0 Å². The van der Waals surface area contributed by atoms with Crippen LogP contribution in [-0.2, 0) is 4.79 Å². The minimum atomic E-state index is -0.404. The summed E-state index contributed by atoms with van der Waals surface area (Å²) in [4.78, 5) is 17.6. The topological polar surface area (TPSA) is 69.0 Å². The summed E-state index contributed by atoms with van der Waals surface area (Å²) in [5.41, 5.74) is -0.0320. The molecule has 0 radical (unpaired) electrons. The molecule has 0 aliphatic rings. The summed E-state index contributed by atoms with van der Waals surface area (Å²) < 4.78 is 0. The highest BCUT2D eigenvalue weighted by atomic mass is 35.5. The predicted octanol–water partition coefficient (Wildman–Crippen LogP) is 2.75. The summed E-state index contributed by atoms with van der Waals surface area (Å²) in [5.74, 6) is 0.0812. The quantitative estimate of drug-likeness (QED) is 0.478. The van der Waals surface area contributed by atoms with Crippen LogP contribution in [0.2, 0.25) is 5.02 Å². The molecular formula is C15H15ClN4O. The van der Waals surface area contributed by atoms with Gasteiger partial charge in [0.2, 0.25) is 0 Å². The third-order valence-electron chi connectivity index (χ3n) is 2.43. The molecule has 0 aromatic carbocycles. The van der Waals surface area contributed by atoms with Gasteiger partial charge in [-0.25, -0.2) is 4.98 Å². The van der Waals surface area contributed by atoms with Crippen molar-refractivity contribution in [3.8, 4) is 6.07 Å². The molecule has 1 aromatic heterocycles. The summed E-state index contributed by atoms with van der Waals surface area (Å²) >= 11 is 5.73. The highest BCUT2D eigenvalue weighted by Gasteiger charge is 2.15. The standard InChI is InChI=1S/C15H15ClN4O/c1-3-7-20(8-4-2)15(21)12(9-17)10-18-14-6-5-13(16)11-19-14/h3-6,10-11H,1-2,7-8H2,(H,18,19)/b12-10-. The van der Waals surface area contributed by atoms with Gasteiger partial charge in [0, 0.05) is 25.5 Å². The molecular weight excluding hydrogens is 288 g/mol. The van der Waals surface area contributed by atoms with Crippen molar-refractivity contribution >= 4 is 23.3 Å². The van der Waals surface area contributed by atoms with E-state index in [0.29, 0.717) is 23.9 Å². The smallest absolute Gasteiger partial charge is 0.266 e. The third kappa shape index (κ3) is 5.13. The first-order valence-corrected chi connectivity index (χ1v) is 6.49. The fraction of sp³-hybridized carbons (Fsp3) is 0.133. The van der Waals surface area contributed by atoms with Crippen LogP contribution in [0.25, 0.3) is 0 Å². The number of nitriles is 1. The molecule has 1 heterocycles. The fourth-order valence-corrected chi connectivity index (χ4v) is 1.58. The minimum absolute atomic E-state index is 0.0320. The first-order chi connectivity index (χ1) is 10.1. The number of carbonyl (C=O) groups is 1. The molecule has 0 fully saturated rings. The second-order valence-electron chi connectivity index (χ2n) is 3.96. The number of pyridine rings is 1. The van der Waals surface area contributed by atoms with Crippen LogP contribution in [-0.4, -0.2) is 28.9 Å². The fourth-order valence-electron chi connectivity index (χ4n) is 1.47. The van der Waals surface area contributed by atoms with Crippen LogP contribution in [0.5, 0.6) is 0 Å². The molecule has 0 aliphatic heterocycles. The van der Waals surface area contributed by atoms with Gasteiger partial charge in [0.1, 0.15) is 17.5 Å². The van der Waals surface area contributed by atoms with Crippen molar-refractivity contribution in [1.29, 1.82) is 5.26 Å². The van der Waals surface area contributed by atoms with Crippen LogP contribution in [0.4, 0.5) is 5.82 Å². The van der Waals surface area contributed by atoms with E-state index in [4.69, 9.17) is 16.9 Å². The Morgan fingerprint density at radius 2 is 2.10 bits per heavy atom. The molecule has 108 valence electrons. The van der Waals surface area contributed by atoms with Gasteiger partial charge in [-0.3, -0.25) is 4.79 Å². The Balaban J connectivity index is 2.84. The Morgan fingerprint density at radius 3 is 2.57 bits per heavy atom. The van der Waals surface area contributed by atoms with Crippen LogP contribution in [0.15, 0.2) is 55.4 Å². The van der Waals surface area contributed by atoms with E-state index in [1.165, 1.54) is 17.3 Å². The summed E-state index contributed by atoms with van der Waals surface area (Å²) in [5, 5.41) is 12.4. The lowest BCUT2D eigenvalue weighted by Crippen LogP contribution is -2.32. The largest absolute Gasteiger partial charge is 0.345 e. The zero-order valence-corrected chi connectivity index (χ0v) is 12.2. The van der Waals surface area contributed by atoms with E-state index >= 15 is 0 Å². The van der Waals surface area contributed by atoms with E-state index in [2.05, 4.69) is 23.5 Å². The number of carbonyl (C=O) groups excluding carboxylic acids is 1. The van der Waals surface area contributed by atoms with Gasteiger partial charge in [-0.15, -0.1) is 13.2 Å². The molecule has 0 spiro atoms. The predicted molar refractivity (Wildman–Crippen MR) is 83.5 cm³/mol. The number of halogens is 1. The number of nitrogens with zero attached hydrogens (tertiary/aromatic N) is 3. The van der Waals surface area contributed by atoms with E-state index in [1.807, 2.05) is 6.07 Å². The van der Waals surface area contributed by atoms with Crippen LogP contribution >= 0.6 is 11.6 Å². The number of amides is 1. The monoisotopic (exact) mass is 302 g/mol. The minimum Gasteiger partial charge on any atom is -0.345 e. The Bertz CT molecular complexity index is 577. The number of aromatic nitrogens is 1. The van der Waals surface area contributed by atoms with Crippen LogP contribution in [0.3, 0.4) is 0 Å². The molecule has 0 saturated heterocycles. The summed E-state index contributed by atoms with van der Waals surface area (Å²) in [6.07, 6.45) is 5.96. The SMILES string of the molecule is C=CCN(CC=C)C(=O)/C(C#N)=C\Nc1ccc(Cl)cn1. The van der Waals surface area contributed by atoms with Crippen LogP contribution < -0.4 is 5.32 Å². The summed E-state index contributed by atoms with van der Waals surface area (Å²) in [6.45, 7) is 7.84. The van der Waals surface area contributed by atoms with Gasteiger partial charge in [-0.05, 0) is 12.1 Å². The van der Waals surface area contributed by atoms with E-state index in [-0.39, 0.29) is 5.57 Å². The van der Waals surface area contributed by atoms with E-state index < -0.39 is 5.91 Å². The molecule has 1 amide bonds. The van der Waals surface area contributed by atoms with Crippen LogP contribution in [0.1, 0.15) is 0 Å². The molecule has 1 rings (SSSR count). The lowest BCUT2D eigenvalue weighted by molar-refractivity contribution is -0.125. The first-order valence-electron chi connectivity index (χ1n) is 6.11. The van der Waals surface area contributed by atoms with Gasteiger partial charge in [-0.1, -0.05) is 23.8 Å². The average molecular weight is 303 g/mol. The van der Waals surface area contributed by atoms with Gasteiger partial charge in [0.25, 0.3) is 5.91 Å². The maximum absolute atomic E-state index is 12.2. The van der Waals surface area contributed by atoms with Crippen molar-refractivity contribution in [3.05, 3.63) is 60.4 Å². The average Bonchev–Trinajstić information content (AvgIpc) is 2.49. The number of hydrogen-bond acceptors (Lipinski definition) is 4. The molecule has 21 heavy (non-hydrogen) atoms. The molecule has 0 atom stereocenters. The normalized spacial score (nSPS) is 10.4.